The minimum atomic E-state index is -3.72. The number of amides is 1. The molecule has 1 amide bonds. The molecule has 21 heavy (non-hydrogen) atoms. The number of nitrogens with one attached hydrogen (secondary N) is 3. The van der Waals surface area contributed by atoms with Crippen molar-refractivity contribution in [2.75, 3.05) is 11.9 Å². The van der Waals surface area contributed by atoms with E-state index in [1.165, 1.54) is 12.5 Å². The van der Waals surface area contributed by atoms with Crippen molar-refractivity contribution in [2.24, 2.45) is 7.05 Å². The monoisotopic (exact) mass is 313 g/mol. The summed E-state index contributed by atoms with van der Waals surface area (Å²) in [6, 6.07) is 0. The fraction of sp³-hybridized carbons (Fsp3) is 0.400. The molecule has 2 aromatic heterocycles. The number of nitrogens with zero attached hydrogens (tertiary/aromatic N) is 4. The van der Waals surface area contributed by atoms with Gasteiger partial charge in [0.15, 0.2) is 5.03 Å². The van der Waals surface area contributed by atoms with Crippen LogP contribution in [-0.4, -0.2) is 45.6 Å². The van der Waals surface area contributed by atoms with Gasteiger partial charge in [-0.25, -0.2) is 23.2 Å². The Bertz CT molecular complexity index is 700. The summed E-state index contributed by atoms with van der Waals surface area (Å²) in [5.41, 5.74) is 0. The van der Waals surface area contributed by atoms with E-state index in [9.17, 15) is 13.2 Å². The molecule has 0 fully saturated rings. The number of sulfonamides is 1. The van der Waals surface area contributed by atoms with Crippen LogP contribution in [0.25, 0.3) is 0 Å². The summed E-state index contributed by atoms with van der Waals surface area (Å²) in [4.78, 5) is 19.2. The first-order chi connectivity index (χ1) is 9.88. The van der Waals surface area contributed by atoms with E-state index < -0.39 is 10.0 Å². The molecule has 114 valence electrons. The maximum absolute atomic E-state index is 11.9. The van der Waals surface area contributed by atoms with E-state index in [0.29, 0.717) is 5.82 Å². The van der Waals surface area contributed by atoms with Gasteiger partial charge in [0.2, 0.25) is 11.9 Å². The van der Waals surface area contributed by atoms with Gasteiger partial charge >= 0.3 is 0 Å². The zero-order valence-corrected chi connectivity index (χ0v) is 12.3. The SMILES string of the molecule is Cc1nc(S(=O)(=O)NCCC(=O)Nc2ncn[nH]2)cn1C. The van der Waals surface area contributed by atoms with Crippen molar-refractivity contribution >= 4 is 21.9 Å². The Labute approximate surface area is 121 Å². The molecule has 2 aromatic rings. The molecular weight excluding hydrogens is 298 g/mol. The standard InChI is InChI=1S/C10H15N7O3S/c1-7-14-9(5-17(7)2)21(19,20)13-4-3-8(18)15-10-11-6-12-16-10/h5-6,13H,3-4H2,1-2H3,(H2,11,12,15,16,18). The number of hydrogen-bond donors (Lipinski definition) is 3. The van der Waals surface area contributed by atoms with Crippen LogP contribution in [0.1, 0.15) is 12.2 Å². The summed E-state index contributed by atoms with van der Waals surface area (Å²) in [7, 11) is -2.02. The maximum atomic E-state index is 11.9. The molecule has 0 atom stereocenters. The molecule has 0 saturated carbocycles. The molecule has 0 spiro atoms. The van der Waals surface area contributed by atoms with Crippen LogP contribution in [0.15, 0.2) is 17.6 Å². The predicted molar refractivity (Wildman–Crippen MR) is 72.8 cm³/mol. The predicted octanol–water partition coefficient (Wildman–Crippen LogP) is -0.846. The lowest BCUT2D eigenvalue weighted by molar-refractivity contribution is -0.116. The quantitative estimate of drug-likeness (QED) is 0.636. The third-order valence-electron chi connectivity index (χ3n) is 2.68. The zero-order chi connectivity index (χ0) is 15.5. The Morgan fingerprint density at radius 1 is 1.48 bits per heavy atom. The first kappa shape index (κ1) is 15.1. The van der Waals surface area contributed by atoms with Crippen LogP contribution in [0.4, 0.5) is 5.95 Å². The second kappa shape index (κ2) is 6.01. The molecule has 0 saturated heterocycles. The van der Waals surface area contributed by atoms with E-state index in [2.05, 4.69) is 30.2 Å². The zero-order valence-electron chi connectivity index (χ0n) is 11.5. The number of aromatic amines is 1. The molecule has 0 aliphatic carbocycles. The van der Waals surface area contributed by atoms with E-state index >= 15 is 0 Å². The van der Waals surface area contributed by atoms with E-state index in [1.807, 2.05) is 0 Å². The van der Waals surface area contributed by atoms with E-state index in [-0.39, 0.29) is 29.8 Å². The molecular formula is C10H15N7O3S. The van der Waals surface area contributed by atoms with Gasteiger partial charge in [0, 0.05) is 26.2 Å². The molecule has 0 aliphatic rings. The number of aryl methyl sites for hydroxylation is 2. The van der Waals surface area contributed by atoms with Crippen LogP contribution in [0, 0.1) is 6.92 Å². The maximum Gasteiger partial charge on any atom is 0.259 e. The van der Waals surface area contributed by atoms with Crippen LogP contribution < -0.4 is 10.0 Å². The number of imidazole rings is 1. The molecule has 0 unspecified atom stereocenters. The van der Waals surface area contributed by atoms with Crippen molar-refractivity contribution in [2.45, 2.75) is 18.4 Å². The van der Waals surface area contributed by atoms with Crippen LogP contribution in [-0.2, 0) is 21.9 Å². The highest BCUT2D eigenvalue weighted by atomic mass is 32.2. The Morgan fingerprint density at radius 2 is 2.24 bits per heavy atom. The lowest BCUT2D eigenvalue weighted by atomic mass is 10.4. The second-order valence-corrected chi connectivity index (χ2v) is 5.98. The molecule has 0 aromatic carbocycles. The van der Waals surface area contributed by atoms with Crippen molar-refractivity contribution in [1.82, 2.24) is 29.5 Å². The Balaban J connectivity index is 1.86. The average Bonchev–Trinajstić information content (AvgIpc) is 3.00. The Morgan fingerprint density at radius 3 is 2.81 bits per heavy atom. The highest BCUT2D eigenvalue weighted by Crippen LogP contribution is 2.07. The van der Waals surface area contributed by atoms with Crippen molar-refractivity contribution in [3.05, 3.63) is 18.3 Å². The number of hydrogen-bond acceptors (Lipinski definition) is 6. The van der Waals surface area contributed by atoms with Crippen molar-refractivity contribution in [3.63, 3.8) is 0 Å². The number of anilines is 1. The smallest absolute Gasteiger partial charge is 0.259 e. The molecule has 10 nitrogen and oxygen atoms in total. The molecule has 3 N–H and O–H groups in total. The summed E-state index contributed by atoms with van der Waals surface area (Å²) in [5.74, 6) is 0.410. The third-order valence-corrected chi connectivity index (χ3v) is 4.01. The summed E-state index contributed by atoms with van der Waals surface area (Å²) >= 11 is 0. The Kier molecular flexibility index (Phi) is 4.33. The van der Waals surface area contributed by atoms with Gasteiger partial charge in [0.1, 0.15) is 12.2 Å². The number of carbonyl (C=O) groups is 1. The van der Waals surface area contributed by atoms with Gasteiger partial charge < -0.3 is 4.57 Å². The van der Waals surface area contributed by atoms with Crippen molar-refractivity contribution in [3.8, 4) is 0 Å². The van der Waals surface area contributed by atoms with Gasteiger partial charge in [0.25, 0.3) is 10.0 Å². The molecule has 2 rings (SSSR count). The van der Waals surface area contributed by atoms with Crippen LogP contribution >= 0.6 is 0 Å². The van der Waals surface area contributed by atoms with Crippen molar-refractivity contribution < 1.29 is 13.2 Å². The first-order valence-electron chi connectivity index (χ1n) is 6.03. The minimum absolute atomic E-state index is 0.0360. The third kappa shape index (κ3) is 3.86. The van der Waals surface area contributed by atoms with Crippen LogP contribution in [0.5, 0.6) is 0 Å². The van der Waals surface area contributed by atoms with E-state index in [4.69, 9.17) is 0 Å². The average molecular weight is 313 g/mol. The van der Waals surface area contributed by atoms with Gasteiger partial charge in [-0.15, -0.1) is 0 Å². The Hall–Kier alpha value is -2.27. The van der Waals surface area contributed by atoms with Gasteiger partial charge in [-0.2, -0.15) is 10.1 Å². The van der Waals surface area contributed by atoms with Gasteiger partial charge in [-0.3, -0.25) is 10.1 Å². The second-order valence-electron chi connectivity index (χ2n) is 4.27. The number of rotatable bonds is 6. The van der Waals surface area contributed by atoms with Crippen LogP contribution in [0.3, 0.4) is 0 Å². The highest BCUT2D eigenvalue weighted by Gasteiger charge is 2.18. The fourth-order valence-corrected chi connectivity index (χ4v) is 2.56. The molecule has 0 aliphatic heterocycles. The van der Waals surface area contributed by atoms with Gasteiger partial charge in [-0.05, 0) is 6.92 Å². The molecule has 2 heterocycles. The van der Waals surface area contributed by atoms with Crippen molar-refractivity contribution in [1.29, 1.82) is 0 Å². The normalized spacial score (nSPS) is 11.5. The molecule has 0 bridgehead atoms. The first-order valence-corrected chi connectivity index (χ1v) is 7.51. The molecule has 11 heteroatoms. The highest BCUT2D eigenvalue weighted by molar-refractivity contribution is 7.89. The summed E-state index contributed by atoms with van der Waals surface area (Å²) in [6.45, 7) is 1.65. The van der Waals surface area contributed by atoms with Crippen LogP contribution in [0.2, 0.25) is 0 Å². The summed E-state index contributed by atoms with van der Waals surface area (Å²) in [5, 5.41) is 8.40. The lowest BCUT2D eigenvalue weighted by Gasteiger charge is -2.04. The topological polar surface area (TPSA) is 135 Å². The summed E-state index contributed by atoms with van der Waals surface area (Å²) < 4.78 is 27.8. The van der Waals surface area contributed by atoms with Gasteiger partial charge in [0.05, 0.1) is 0 Å². The van der Waals surface area contributed by atoms with E-state index in [1.54, 1.807) is 18.5 Å². The fourth-order valence-electron chi connectivity index (χ4n) is 1.49. The van der Waals surface area contributed by atoms with Gasteiger partial charge in [-0.1, -0.05) is 0 Å². The minimum Gasteiger partial charge on any atom is -0.337 e. The number of carbonyl (C=O) groups excluding carboxylic acids is 1. The summed E-state index contributed by atoms with van der Waals surface area (Å²) in [6.07, 6.45) is 2.62. The largest absolute Gasteiger partial charge is 0.337 e. The number of aromatic nitrogens is 5. The lowest BCUT2D eigenvalue weighted by Crippen LogP contribution is -2.28. The number of H-pyrrole nitrogens is 1. The van der Waals surface area contributed by atoms with E-state index in [0.717, 1.165) is 0 Å². The molecule has 0 radical (unpaired) electrons.